The van der Waals surface area contributed by atoms with E-state index in [0.717, 1.165) is 5.03 Å². The molecular formula is C12H18N2O2S. The monoisotopic (exact) mass is 254 g/mol. The van der Waals surface area contributed by atoms with Crippen LogP contribution in [-0.4, -0.2) is 34.4 Å². The molecule has 0 aromatic carbocycles. The van der Waals surface area contributed by atoms with Crippen molar-refractivity contribution in [1.82, 2.24) is 10.3 Å². The van der Waals surface area contributed by atoms with Gasteiger partial charge in [-0.2, -0.15) is 0 Å². The Kier molecular flexibility index (Phi) is 6.00. The zero-order valence-corrected chi connectivity index (χ0v) is 10.9. The van der Waals surface area contributed by atoms with Crippen LogP contribution in [0.4, 0.5) is 0 Å². The molecule has 0 bridgehead atoms. The number of nitrogens with one attached hydrogen (secondary N) is 1. The standard InChI is InChI=1S/C12H18N2O2S/c1-9(8-15)7-14-12(16)10(2)17-11-5-3-4-6-13-11/h3-6,9-10,15H,7-8H2,1-2H3,(H,14,16). The van der Waals surface area contributed by atoms with Crippen LogP contribution in [0.2, 0.25) is 0 Å². The van der Waals surface area contributed by atoms with E-state index < -0.39 is 0 Å². The second kappa shape index (κ2) is 7.29. The minimum absolute atomic E-state index is 0.0269. The zero-order chi connectivity index (χ0) is 12.7. The van der Waals surface area contributed by atoms with Gasteiger partial charge in [0.15, 0.2) is 0 Å². The Morgan fingerprint density at radius 3 is 2.88 bits per heavy atom. The number of carbonyl (C=O) groups excluding carboxylic acids is 1. The van der Waals surface area contributed by atoms with Crippen molar-refractivity contribution < 1.29 is 9.90 Å². The molecule has 0 spiro atoms. The van der Waals surface area contributed by atoms with Crippen LogP contribution in [-0.2, 0) is 4.79 Å². The van der Waals surface area contributed by atoms with Crippen molar-refractivity contribution in [3.05, 3.63) is 24.4 Å². The molecule has 1 aromatic heterocycles. The number of aliphatic hydroxyl groups is 1. The minimum atomic E-state index is -0.184. The first-order chi connectivity index (χ1) is 8.13. The van der Waals surface area contributed by atoms with Crippen LogP contribution in [0.3, 0.4) is 0 Å². The van der Waals surface area contributed by atoms with Crippen LogP contribution in [0.15, 0.2) is 29.4 Å². The molecule has 1 aromatic rings. The lowest BCUT2D eigenvalue weighted by Crippen LogP contribution is -2.34. The Bertz CT molecular complexity index is 346. The van der Waals surface area contributed by atoms with Gasteiger partial charge in [0.1, 0.15) is 0 Å². The number of nitrogens with zero attached hydrogens (tertiary/aromatic N) is 1. The van der Waals surface area contributed by atoms with E-state index >= 15 is 0 Å². The molecule has 2 unspecified atom stereocenters. The van der Waals surface area contributed by atoms with Crippen LogP contribution in [0.25, 0.3) is 0 Å². The van der Waals surface area contributed by atoms with Crippen molar-refractivity contribution in [1.29, 1.82) is 0 Å². The topological polar surface area (TPSA) is 62.2 Å². The number of aromatic nitrogens is 1. The number of thioether (sulfide) groups is 1. The smallest absolute Gasteiger partial charge is 0.233 e. The quantitative estimate of drug-likeness (QED) is 0.751. The van der Waals surface area contributed by atoms with Gasteiger partial charge in [-0.15, -0.1) is 0 Å². The number of aliphatic hydroxyl groups excluding tert-OH is 1. The first-order valence-corrected chi connectivity index (χ1v) is 6.47. The van der Waals surface area contributed by atoms with Gasteiger partial charge in [0, 0.05) is 19.3 Å². The molecule has 0 aliphatic heterocycles. The first kappa shape index (κ1) is 14.0. The Balaban J connectivity index is 2.37. The van der Waals surface area contributed by atoms with Gasteiger partial charge >= 0.3 is 0 Å². The predicted octanol–water partition coefficient (Wildman–Crippen LogP) is 1.31. The maximum atomic E-state index is 11.7. The molecule has 1 rings (SSSR count). The largest absolute Gasteiger partial charge is 0.396 e. The van der Waals surface area contributed by atoms with Gasteiger partial charge in [-0.25, -0.2) is 4.98 Å². The second-order valence-corrected chi connectivity index (χ2v) is 5.32. The van der Waals surface area contributed by atoms with E-state index in [9.17, 15) is 4.79 Å². The second-order valence-electron chi connectivity index (χ2n) is 3.96. The van der Waals surface area contributed by atoms with Crippen molar-refractivity contribution in [3.63, 3.8) is 0 Å². The molecular weight excluding hydrogens is 236 g/mol. The zero-order valence-electron chi connectivity index (χ0n) is 10.1. The molecule has 0 fully saturated rings. The molecule has 1 amide bonds. The SMILES string of the molecule is CC(CO)CNC(=O)C(C)Sc1ccccn1. The van der Waals surface area contributed by atoms with Gasteiger partial charge in [0.05, 0.1) is 10.3 Å². The molecule has 0 saturated carbocycles. The van der Waals surface area contributed by atoms with Crippen LogP contribution in [0, 0.1) is 5.92 Å². The number of hydrogen-bond acceptors (Lipinski definition) is 4. The Hall–Kier alpha value is -1.07. The number of hydrogen-bond donors (Lipinski definition) is 2. The summed E-state index contributed by atoms with van der Waals surface area (Å²) in [4.78, 5) is 15.9. The molecule has 5 heteroatoms. The summed E-state index contributed by atoms with van der Waals surface area (Å²) < 4.78 is 0. The number of carbonyl (C=O) groups is 1. The van der Waals surface area contributed by atoms with Gasteiger partial charge in [-0.05, 0) is 25.0 Å². The van der Waals surface area contributed by atoms with Gasteiger partial charge in [0.2, 0.25) is 5.91 Å². The molecule has 94 valence electrons. The number of rotatable bonds is 6. The molecule has 2 atom stereocenters. The highest BCUT2D eigenvalue weighted by molar-refractivity contribution is 8.00. The van der Waals surface area contributed by atoms with Crippen LogP contribution in [0.5, 0.6) is 0 Å². The summed E-state index contributed by atoms with van der Waals surface area (Å²) in [6.07, 6.45) is 1.71. The molecule has 0 saturated heterocycles. The first-order valence-electron chi connectivity index (χ1n) is 5.59. The van der Waals surface area contributed by atoms with Crippen molar-refractivity contribution in [3.8, 4) is 0 Å². The van der Waals surface area contributed by atoms with Gasteiger partial charge in [-0.3, -0.25) is 4.79 Å². The molecule has 2 N–H and O–H groups in total. The highest BCUT2D eigenvalue weighted by atomic mass is 32.2. The van der Waals surface area contributed by atoms with Crippen molar-refractivity contribution >= 4 is 17.7 Å². The summed E-state index contributed by atoms with van der Waals surface area (Å²) in [5.41, 5.74) is 0. The Labute approximate surface area is 106 Å². The van der Waals surface area contributed by atoms with Gasteiger partial charge in [-0.1, -0.05) is 24.8 Å². The lowest BCUT2D eigenvalue weighted by Gasteiger charge is -2.13. The summed E-state index contributed by atoms with van der Waals surface area (Å²) in [6, 6.07) is 5.62. The summed E-state index contributed by atoms with van der Waals surface area (Å²) >= 11 is 1.43. The summed E-state index contributed by atoms with van der Waals surface area (Å²) in [6.45, 7) is 4.32. The van der Waals surface area contributed by atoms with E-state index in [1.54, 1.807) is 6.20 Å². The van der Waals surface area contributed by atoms with E-state index in [-0.39, 0.29) is 23.7 Å². The van der Waals surface area contributed by atoms with Crippen molar-refractivity contribution in [2.45, 2.75) is 24.1 Å². The van der Waals surface area contributed by atoms with Gasteiger partial charge < -0.3 is 10.4 Å². The van der Waals surface area contributed by atoms with Crippen molar-refractivity contribution in [2.75, 3.05) is 13.2 Å². The fourth-order valence-corrected chi connectivity index (χ4v) is 1.97. The van der Waals surface area contributed by atoms with E-state index in [2.05, 4.69) is 10.3 Å². The lowest BCUT2D eigenvalue weighted by molar-refractivity contribution is -0.120. The highest BCUT2D eigenvalue weighted by Gasteiger charge is 2.15. The fourth-order valence-electron chi connectivity index (χ4n) is 1.13. The number of amides is 1. The molecule has 0 aliphatic rings. The lowest BCUT2D eigenvalue weighted by atomic mass is 10.2. The predicted molar refractivity (Wildman–Crippen MR) is 68.8 cm³/mol. The maximum absolute atomic E-state index is 11.7. The molecule has 17 heavy (non-hydrogen) atoms. The molecule has 4 nitrogen and oxygen atoms in total. The van der Waals surface area contributed by atoms with E-state index in [1.165, 1.54) is 11.8 Å². The average Bonchev–Trinajstić information content (AvgIpc) is 2.36. The third-order valence-electron chi connectivity index (χ3n) is 2.24. The van der Waals surface area contributed by atoms with Crippen LogP contribution >= 0.6 is 11.8 Å². The summed E-state index contributed by atoms with van der Waals surface area (Å²) in [5, 5.41) is 12.3. The van der Waals surface area contributed by atoms with Crippen LogP contribution < -0.4 is 5.32 Å². The maximum Gasteiger partial charge on any atom is 0.233 e. The Morgan fingerprint density at radius 1 is 1.53 bits per heavy atom. The number of pyridine rings is 1. The fraction of sp³-hybridized carbons (Fsp3) is 0.500. The third kappa shape index (κ3) is 5.19. The van der Waals surface area contributed by atoms with Crippen LogP contribution in [0.1, 0.15) is 13.8 Å². The Morgan fingerprint density at radius 2 is 2.29 bits per heavy atom. The third-order valence-corrected chi connectivity index (χ3v) is 3.29. The normalized spacial score (nSPS) is 14.1. The molecule has 1 heterocycles. The molecule has 0 radical (unpaired) electrons. The summed E-state index contributed by atoms with van der Waals surface area (Å²) in [5.74, 6) is 0.0620. The van der Waals surface area contributed by atoms with E-state index in [0.29, 0.717) is 6.54 Å². The van der Waals surface area contributed by atoms with Crippen molar-refractivity contribution in [2.24, 2.45) is 5.92 Å². The average molecular weight is 254 g/mol. The molecule has 0 aliphatic carbocycles. The highest BCUT2D eigenvalue weighted by Crippen LogP contribution is 2.20. The van der Waals surface area contributed by atoms with Gasteiger partial charge in [0.25, 0.3) is 0 Å². The minimum Gasteiger partial charge on any atom is -0.396 e. The van der Waals surface area contributed by atoms with E-state index in [1.807, 2.05) is 32.0 Å². The van der Waals surface area contributed by atoms with E-state index in [4.69, 9.17) is 5.11 Å². The summed E-state index contributed by atoms with van der Waals surface area (Å²) in [7, 11) is 0.